The minimum absolute atomic E-state index is 0.0852. The highest BCUT2D eigenvalue weighted by Crippen LogP contribution is 2.60. The first kappa shape index (κ1) is 25.1. The Bertz CT molecular complexity index is 928. The van der Waals surface area contributed by atoms with Crippen LogP contribution in [0.25, 0.3) is 0 Å². The van der Waals surface area contributed by atoms with Gasteiger partial charge >= 0.3 is 0 Å². The molecule has 3 aliphatic heterocycles. The van der Waals surface area contributed by atoms with Crippen LogP contribution < -0.4 is 10.6 Å². The van der Waals surface area contributed by atoms with Gasteiger partial charge in [0.25, 0.3) is 0 Å². The predicted octanol–water partition coefficient (Wildman–Crippen LogP) is 1.59. The van der Waals surface area contributed by atoms with Gasteiger partial charge in [0.15, 0.2) is 0 Å². The Kier molecular flexibility index (Phi) is 7.36. The monoisotopic (exact) mass is 535 g/mol. The molecule has 0 radical (unpaired) electrons. The van der Waals surface area contributed by atoms with Gasteiger partial charge in [-0.15, -0.1) is 0 Å². The summed E-state index contributed by atoms with van der Waals surface area (Å²) in [4.78, 5) is 42.2. The van der Waals surface area contributed by atoms with E-state index in [1.807, 2.05) is 51.1 Å². The molecule has 1 aromatic carbocycles. The van der Waals surface area contributed by atoms with Crippen LogP contribution in [0, 0.1) is 17.8 Å². The fourth-order valence-corrected chi connectivity index (χ4v) is 6.83. The minimum Gasteiger partial charge on any atom is -0.394 e. The van der Waals surface area contributed by atoms with E-state index in [1.54, 1.807) is 0 Å². The molecule has 3 amide bonds. The van der Waals surface area contributed by atoms with Crippen LogP contribution in [0.3, 0.4) is 0 Å². The van der Waals surface area contributed by atoms with Gasteiger partial charge in [0.1, 0.15) is 11.6 Å². The molecule has 3 fully saturated rings. The zero-order chi connectivity index (χ0) is 24.6. The van der Waals surface area contributed by atoms with Gasteiger partial charge in [-0.25, -0.2) is 0 Å². The lowest BCUT2D eigenvalue weighted by Crippen LogP contribution is -2.59. The first-order chi connectivity index (χ1) is 16.3. The van der Waals surface area contributed by atoms with E-state index in [0.717, 1.165) is 12.0 Å². The van der Waals surface area contributed by atoms with Gasteiger partial charge in [-0.05, 0) is 24.3 Å². The van der Waals surface area contributed by atoms with E-state index in [1.165, 1.54) is 4.90 Å². The molecule has 3 heterocycles. The van der Waals surface area contributed by atoms with Crippen LogP contribution in [-0.2, 0) is 25.7 Å². The average molecular weight is 536 g/mol. The standard InChI is InChI=1S/C25H34BrN3O5/c1-4-10-27-22(31)18-19-24(33)29(17(13-30)14(2)3)21(25(19)11-16(26)20(18)34-25)23(32)28-12-15-8-6-5-7-9-15/h5-9,14,16-21,30H,4,10-13H2,1-3H3,(H,27,31)(H,28,32)/t16?,17-,18-,19-,20-,21?,25?/m0/s1. The van der Waals surface area contributed by atoms with Gasteiger partial charge in [0, 0.05) is 17.9 Å². The van der Waals surface area contributed by atoms with Crippen molar-refractivity contribution in [2.24, 2.45) is 17.8 Å². The summed E-state index contributed by atoms with van der Waals surface area (Å²) in [7, 11) is 0. The second kappa shape index (κ2) is 9.95. The number of carbonyl (C=O) groups is 3. The van der Waals surface area contributed by atoms with E-state index in [9.17, 15) is 19.5 Å². The molecule has 8 nitrogen and oxygen atoms in total. The number of hydrogen-bond acceptors (Lipinski definition) is 5. The summed E-state index contributed by atoms with van der Waals surface area (Å²) in [5.41, 5.74) is -0.178. The summed E-state index contributed by atoms with van der Waals surface area (Å²) in [6.45, 7) is 6.34. The second-order valence-electron chi connectivity index (χ2n) is 9.90. The molecule has 7 atom stereocenters. The number of carbonyl (C=O) groups excluding carboxylic acids is 3. The number of benzene rings is 1. The molecule has 3 aliphatic rings. The van der Waals surface area contributed by atoms with E-state index in [0.29, 0.717) is 19.5 Å². The number of aliphatic hydroxyl groups is 1. The third kappa shape index (κ3) is 4.05. The fourth-order valence-electron chi connectivity index (χ4n) is 5.89. The maximum Gasteiger partial charge on any atom is 0.246 e. The maximum absolute atomic E-state index is 13.9. The van der Waals surface area contributed by atoms with Gasteiger partial charge in [-0.3, -0.25) is 14.4 Å². The van der Waals surface area contributed by atoms with Crippen molar-refractivity contribution in [3.8, 4) is 0 Å². The number of likely N-dealkylation sites (tertiary alicyclic amines) is 1. The van der Waals surface area contributed by atoms with E-state index < -0.39 is 35.6 Å². The van der Waals surface area contributed by atoms with E-state index in [-0.39, 0.29) is 35.1 Å². The molecule has 0 saturated carbocycles. The summed E-state index contributed by atoms with van der Waals surface area (Å²) in [5, 5.41) is 16.1. The Balaban J connectivity index is 1.70. The molecule has 3 saturated heterocycles. The van der Waals surface area contributed by atoms with Crippen LogP contribution in [0.15, 0.2) is 30.3 Å². The second-order valence-corrected chi connectivity index (χ2v) is 11.1. The molecule has 34 heavy (non-hydrogen) atoms. The van der Waals surface area contributed by atoms with E-state index in [2.05, 4.69) is 26.6 Å². The summed E-state index contributed by atoms with van der Waals surface area (Å²) < 4.78 is 6.46. The highest BCUT2D eigenvalue weighted by molar-refractivity contribution is 9.09. The molecule has 186 valence electrons. The predicted molar refractivity (Wildman–Crippen MR) is 130 cm³/mol. The number of halogens is 1. The molecule has 3 N–H and O–H groups in total. The Labute approximate surface area is 208 Å². The highest BCUT2D eigenvalue weighted by Gasteiger charge is 2.77. The molecule has 2 bridgehead atoms. The number of nitrogens with zero attached hydrogens (tertiary/aromatic N) is 1. The molecule has 1 spiro atoms. The Morgan fingerprint density at radius 3 is 2.56 bits per heavy atom. The van der Waals surface area contributed by atoms with Crippen molar-refractivity contribution >= 4 is 33.7 Å². The lowest BCUT2D eigenvalue weighted by Gasteiger charge is -2.38. The number of ether oxygens (including phenoxy) is 1. The summed E-state index contributed by atoms with van der Waals surface area (Å²) in [5.74, 6) is -2.36. The van der Waals surface area contributed by atoms with Crippen LogP contribution in [0.2, 0.25) is 0 Å². The van der Waals surface area contributed by atoms with Crippen molar-refractivity contribution in [3.05, 3.63) is 35.9 Å². The van der Waals surface area contributed by atoms with Crippen molar-refractivity contribution in [2.75, 3.05) is 13.2 Å². The van der Waals surface area contributed by atoms with Crippen LogP contribution in [0.5, 0.6) is 0 Å². The van der Waals surface area contributed by atoms with Crippen molar-refractivity contribution in [3.63, 3.8) is 0 Å². The lowest BCUT2D eigenvalue weighted by molar-refractivity contribution is -0.146. The molecule has 1 aromatic rings. The number of rotatable bonds is 9. The molecule has 9 heteroatoms. The van der Waals surface area contributed by atoms with E-state index >= 15 is 0 Å². The maximum atomic E-state index is 13.9. The fraction of sp³-hybridized carbons (Fsp3) is 0.640. The SMILES string of the molecule is CCCNC(=O)[C@H]1[C@H]2C(=O)N([C@@H](CO)C(C)C)C(C(=O)NCc3ccccc3)C23CC(Br)[C@@H]1O3. The normalized spacial score (nSPS) is 32.7. The van der Waals surface area contributed by atoms with Crippen LogP contribution in [0.4, 0.5) is 0 Å². The molecule has 0 aliphatic carbocycles. The largest absolute Gasteiger partial charge is 0.394 e. The molecule has 0 aromatic heterocycles. The van der Waals surface area contributed by atoms with Crippen molar-refractivity contribution < 1.29 is 24.2 Å². The third-order valence-electron chi connectivity index (χ3n) is 7.45. The quantitative estimate of drug-likeness (QED) is 0.416. The van der Waals surface area contributed by atoms with Gasteiger partial charge in [-0.1, -0.05) is 67.0 Å². The summed E-state index contributed by atoms with van der Waals surface area (Å²) in [6, 6.07) is 8.06. The minimum atomic E-state index is -1.12. The Morgan fingerprint density at radius 1 is 1.24 bits per heavy atom. The van der Waals surface area contributed by atoms with Crippen LogP contribution in [-0.4, -0.2) is 69.5 Å². The summed E-state index contributed by atoms with van der Waals surface area (Å²) in [6.07, 6.45) is 0.744. The topological polar surface area (TPSA) is 108 Å². The van der Waals surface area contributed by atoms with Crippen molar-refractivity contribution in [1.82, 2.24) is 15.5 Å². The number of hydrogen-bond donors (Lipinski definition) is 3. The van der Waals surface area contributed by atoms with Crippen LogP contribution in [0.1, 0.15) is 39.2 Å². The number of aliphatic hydroxyl groups excluding tert-OH is 1. The number of fused-ring (bicyclic) bond motifs is 1. The van der Waals surface area contributed by atoms with Crippen molar-refractivity contribution in [1.29, 1.82) is 0 Å². The number of alkyl halides is 1. The van der Waals surface area contributed by atoms with Gasteiger partial charge in [0.05, 0.1) is 30.6 Å². The van der Waals surface area contributed by atoms with Gasteiger partial charge < -0.3 is 25.4 Å². The zero-order valence-electron chi connectivity index (χ0n) is 19.9. The van der Waals surface area contributed by atoms with Gasteiger partial charge in [-0.2, -0.15) is 0 Å². The molecular weight excluding hydrogens is 502 g/mol. The highest BCUT2D eigenvalue weighted by atomic mass is 79.9. The number of nitrogens with one attached hydrogen (secondary N) is 2. The summed E-state index contributed by atoms with van der Waals surface area (Å²) >= 11 is 3.66. The van der Waals surface area contributed by atoms with Crippen molar-refractivity contribution in [2.45, 2.75) is 68.8 Å². The zero-order valence-corrected chi connectivity index (χ0v) is 21.5. The Hall–Kier alpha value is -1.97. The molecule has 3 unspecified atom stereocenters. The van der Waals surface area contributed by atoms with Crippen LogP contribution >= 0.6 is 15.9 Å². The smallest absolute Gasteiger partial charge is 0.246 e. The first-order valence-electron chi connectivity index (χ1n) is 12.1. The Morgan fingerprint density at radius 2 is 1.94 bits per heavy atom. The molecular formula is C25H34BrN3O5. The number of amides is 3. The van der Waals surface area contributed by atoms with Gasteiger partial charge in [0.2, 0.25) is 17.7 Å². The average Bonchev–Trinajstić information content (AvgIpc) is 3.41. The first-order valence-corrected chi connectivity index (χ1v) is 13.0. The lowest BCUT2D eigenvalue weighted by atomic mass is 9.70. The third-order valence-corrected chi connectivity index (χ3v) is 8.30. The van der Waals surface area contributed by atoms with E-state index in [4.69, 9.17) is 4.74 Å². The molecule has 4 rings (SSSR count).